The molecule has 0 aromatic rings. The predicted molar refractivity (Wildman–Crippen MR) is 18.5 cm³/mol. The fourth-order valence-corrected chi connectivity index (χ4v) is 0. The van der Waals surface area contributed by atoms with Crippen LogP contribution in [0.25, 0.3) is 0 Å². The van der Waals surface area contributed by atoms with E-state index in [4.69, 9.17) is 5.11 Å². The third-order valence-corrected chi connectivity index (χ3v) is 0. The van der Waals surface area contributed by atoms with Crippen molar-refractivity contribution in [2.45, 2.75) is 6.92 Å². The Hall–Kier alpha value is 0.759. The second kappa shape index (κ2) is 9.25. The zero-order chi connectivity index (χ0) is 2.71. The van der Waals surface area contributed by atoms with E-state index in [-0.39, 0.29) is 30.5 Å². The first kappa shape index (κ1) is 8.83. The molecule has 0 rings (SSSR count). The number of rotatable bonds is 0. The predicted octanol–water partition coefficient (Wildman–Crippen LogP) is -0.382. The summed E-state index contributed by atoms with van der Waals surface area (Å²) in [6.07, 6.45) is 0. The van der Waals surface area contributed by atoms with Crippen LogP contribution in [-0.4, -0.2) is 35.6 Å². The van der Waals surface area contributed by atoms with Crippen LogP contribution < -0.4 is 0 Å². The van der Waals surface area contributed by atoms with Crippen molar-refractivity contribution in [3.8, 4) is 0 Å². The van der Waals surface area contributed by atoms with Gasteiger partial charge in [-0.3, -0.25) is 0 Å². The van der Waals surface area contributed by atoms with E-state index in [1.54, 1.807) is 6.92 Å². The van der Waals surface area contributed by atoms with Crippen molar-refractivity contribution in [1.82, 2.24) is 0 Å². The van der Waals surface area contributed by atoms with Crippen molar-refractivity contribution >= 4 is 23.9 Å². The van der Waals surface area contributed by atoms with Gasteiger partial charge in [-0.25, -0.2) is 0 Å². The molecule has 2 heteroatoms. The maximum absolute atomic E-state index is 7.57. The average molecular weight is 165 g/mol. The molecular weight excluding hydrogens is 159 g/mol. The third kappa shape index (κ3) is 14.8. The van der Waals surface area contributed by atoms with Gasteiger partial charge in [0, 0.05) is 30.5 Å². The van der Waals surface area contributed by atoms with E-state index in [0.29, 0.717) is 0 Å². The summed E-state index contributed by atoms with van der Waals surface area (Å²) < 4.78 is 0. The largest absolute Gasteiger partial charge is 0.397 e. The molecule has 24 valence electrons. The molecule has 1 N–H and O–H groups in total. The van der Waals surface area contributed by atoms with E-state index >= 15 is 0 Å². The Morgan fingerprint density at radius 3 is 1.75 bits per heavy atom. The smallest absolute Gasteiger partial charge is 0.0402 e. The summed E-state index contributed by atoms with van der Waals surface area (Å²) in [7, 11) is 0. The topological polar surface area (TPSA) is 20.2 Å². The average Bonchev–Trinajstić information content (AvgIpc) is 0.918. The minimum Gasteiger partial charge on any atom is -0.397 e. The van der Waals surface area contributed by atoms with Gasteiger partial charge in [-0.15, -0.1) is 0 Å². The molecule has 4 radical (unpaired) electrons. The van der Waals surface area contributed by atoms with Crippen LogP contribution in [-0.2, 0) is 0 Å². The van der Waals surface area contributed by atoms with Gasteiger partial charge >= 0.3 is 0 Å². The first-order chi connectivity index (χ1) is 1.41. The summed E-state index contributed by atoms with van der Waals surface area (Å²) in [4.78, 5) is 0. The van der Waals surface area contributed by atoms with E-state index < -0.39 is 0 Å². The molecule has 0 aliphatic heterocycles. The molecule has 0 spiro atoms. The summed E-state index contributed by atoms with van der Waals surface area (Å²) in [5.74, 6) is 0. The second-order valence-corrected chi connectivity index (χ2v) is 0.316. The molecule has 0 aromatic carbocycles. The van der Waals surface area contributed by atoms with Gasteiger partial charge in [0.05, 0.1) is 0 Å². The van der Waals surface area contributed by atoms with E-state index in [2.05, 4.69) is 0 Å². The minimum atomic E-state index is 0. The summed E-state index contributed by atoms with van der Waals surface area (Å²) in [6.45, 7) is 1.93. The van der Waals surface area contributed by atoms with Crippen LogP contribution in [0.5, 0.6) is 0 Å². The van der Waals surface area contributed by atoms with Gasteiger partial charge in [-0.1, -0.05) is 0 Å². The van der Waals surface area contributed by atoms with Crippen LogP contribution >= 0.6 is 0 Å². The monoisotopic (exact) mass is 166 g/mol. The maximum atomic E-state index is 7.57. The van der Waals surface area contributed by atoms with Crippen molar-refractivity contribution in [2.24, 2.45) is 0 Å². The fraction of sp³-hybridized carbons (Fsp3) is 1.00. The molecule has 1 nitrogen and oxygen atoms in total. The minimum absolute atomic E-state index is 0. The quantitative estimate of drug-likeness (QED) is 0.484. The molecule has 0 aromatic heterocycles. The molecular formula is C2H6OSn. The maximum Gasteiger partial charge on any atom is 0.0402 e. The summed E-state index contributed by atoms with van der Waals surface area (Å²) in [6, 6.07) is 0. The first-order valence-corrected chi connectivity index (χ1v) is 1.02. The van der Waals surface area contributed by atoms with E-state index in [1.807, 2.05) is 0 Å². The van der Waals surface area contributed by atoms with Gasteiger partial charge in [-0.2, -0.15) is 0 Å². The zero-order valence-electron chi connectivity index (χ0n) is 2.65. The van der Waals surface area contributed by atoms with Crippen molar-refractivity contribution in [3.63, 3.8) is 0 Å². The van der Waals surface area contributed by atoms with Crippen molar-refractivity contribution in [1.29, 1.82) is 0 Å². The number of aliphatic hydroxyl groups is 1. The standard InChI is InChI=1S/C2H6O.Sn/c1-2-3;/h3H,2H2,1H3;. The number of hydrogen-bond donors (Lipinski definition) is 1. The third-order valence-electron chi connectivity index (χ3n) is 0. The van der Waals surface area contributed by atoms with Gasteiger partial charge in [0.15, 0.2) is 0 Å². The normalized spacial score (nSPS) is 4.50. The Morgan fingerprint density at radius 1 is 1.75 bits per heavy atom. The van der Waals surface area contributed by atoms with Crippen LogP contribution in [0.15, 0.2) is 0 Å². The van der Waals surface area contributed by atoms with Gasteiger partial charge in [0.2, 0.25) is 0 Å². The van der Waals surface area contributed by atoms with Crippen LogP contribution in [0.1, 0.15) is 6.92 Å². The van der Waals surface area contributed by atoms with Crippen molar-refractivity contribution < 1.29 is 5.11 Å². The van der Waals surface area contributed by atoms with Crippen LogP contribution in [0.2, 0.25) is 0 Å². The molecule has 0 amide bonds. The molecule has 0 saturated heterocycles. The first-order valence-electron chi connectivity index (χ1n) is 1.02. The van der Waals surface area contributed by atoms with Gasteiger partial charge in [0.1, 0.15) is 0 Å². The Morgan fingerprint density at radius 2 is 1.75 bits per heavy atom. The Bertz CT molecular complexity index is 6.00. The van der Waals surface area contributed by atoms with E-state index in [1.165, 1.54) is 0 Å². The molecule has 0 heterocycles. The van der Waals surface area contributed by atoms with Crippen LogP contribution in [0, 0.1) is 0 Å². The SMILES string of the molecule is CCO.[Sn]. The molecule has 4 heavy (non-hydrogen) atoms. The zero-order valence-corrected chi connectivity index (χ0v) is 5.51. The Balaban J connectivity index is 0. The van der Waals surface area contributed by atoms with Crippen molar-refractivity contribution in [2.75, 3.05) is 6.61 Å². The molecule has 0 bridgehead atoms. The Labute approximate surface area is 43.0 Å². The number of hydrogen-bond acceptors (Lipinski definition) is 1. The van der Waals surface area contributed by atoms with Gasteiger partial charge in [-0.05, 0) is 6.92 Å². The van der Waals surface area contributed by atoms with E-state index in [9.17, 15) is 0 Å². The molecule has 0 atom stereocenters. The summed E-state index contributed by atoms with van der Waals surface area (Å²) in [5.41, 5.74) is 0. The molecule has 0 unspecified atom stereocenters. The second-order valence-electron chi connectivity index (χ2n) is 0.316. The van der Waals surface area contributed by atoms with Crippen LogP contribution in [0.4, 0.5) is 0 Å². The summed E-state index contributed by atoms with van der Waals surface area (Å²) in [5, 5.41) is 7.57. The molecule has 0 fully saturated rings. The van der Waals surface area contributed by atoms with Gasteiger partial charge < -0.3 is 5.11 Å². The molecule has 0 aliphatic rings. The van der Waals surface area contributed by atoms with E-state index in [0.717, 1.165) is 0 Å². The van der Waals surface area contributed by atoms with Gasteiger partial charge in [0.25, 0.3) is 0 Å². The molecule has 0 aliphatic carbocycles. The van der Waals surface area contributed by atoms with Crippen molar-refractivity contribution in [3.05, 3.63) is 0 Å². The molecule has 0 saturated carbocycles. The number of aliphatic hydroxyl groups excluding tert-OH is 1. The summed E-state index contributed by atoms with van der Waals surface area (Å²) >= 11 is 0. The fourth-order valence-electron chi connectivity index (χ4n) is 0. The Kier molecular flexibility index (Phi) is 20.4. The van der Waals surface area contributed by atoms with Crippen LogP contribution in [0.3, 0.4) is 0 Å².